The SMILES string of the molecule is C[C@@H]1CC2CNCCN2C1. The van der Waals surface area contributed by atoms with Gasteiger partial charge in [-0.25, -0.2) is 0 Å². The molecule has 0 saturated carbocycles. The van der Waals surface area contributed by atoms with Crippen LogP contribution in [0.15, 0.2) is 0 Å². The van der Waals surface area contributed by atoms with Gasteiger partial charge in [0.2, 0.25) is 0 Å². The van der Waals surface area contributed by atoms with Crippen molar-refractivity contribution in [3.05, 3.63) is 0 Å². The highest BCUT2D eigenvalue weighted by atomic mass is 15.2. The Hall–Kier alpha value is -0.0800. The summed E-state index contributed by atoms with van der Waals surface area (Å²) in [6.45, 7) is 7.40. The Balaban J connectivity index is 1.97. The molecule has 0 spiro atoms. The van der Waals surface area contributed by atoms with Crippen molar-refractivity contribution < 1.29 is 0 Å². The number of hydrogen-bond acceptors (Lipinski definition) is 2. The molecular weight excluding hydrogens is 124 g/mol. The maximum atomic E-state index is 3.44. The van der Waals surface area contributed by atoms with Gasteiger partial charge in [0, 0.05) is 32.2 Å². The second kappa shape index (κ2) is 2.51. The molecule has 0 aromatic rings. The summed E-state index contributed by atoms with van der Waals surface area (Å²) in [5.74, 6) is 0.935. The lowest BCUT2D eigenvalue weighted by Gasteiger charge is -2.29. The number of piperazine rings is 1. The number of rotatable bonds is 0. The quantitative estimate of drug-likeness (QED) is 0.520. The molecule has 0 aromatic heterocycles. The topological polar surface area (TPSA) is 15.3 Å². The molecule has 0 bridgehead atoms. The predicted molar refractivity (Wildman–Crippen MR) is 42.0 cm³/mol. The third-order valence-corrected chi connectivity index (χ3v) is 2.69. The van der Waals surface area contributed by atoms with Gasteiger partial charge >= 0.3 is 0 Å². The first kappa shape index (κ1) is 6.62. The van der Waals surface area contributed by atoms with Gasteiger partial charge in [-0.2, -0.15) is 0 Å². The molecule has 2 atom stereocenters. The summed E-state index contributed by atoms with van der Waals surface area (Å²) in [5.41, 5.74) is 0. The van der Waals surface area contributed by atoms with E-state index in [0.717, 1.165) is 12.0 Å². The smallest absolute Gasteiger partial charge is 0.0224 e. The van der Waals surface area contributed by atoms with Gasteiger partial charge in [-0.05, 0) is 12.3 Å². The van der Waals surface area contributed by atoms with Crippen LogP contribution in [0.4, 0.5) is 0 Å². The monoisotopic (exact) mass is 140 g/mol. The maximum Gasteiger partial charge on any atom is 0.0224 e. The predicted octanol–water partition coefficient (Wildman–Crippen LogP) is 0.300. The van der Waals surface area contributed by atoms with Crippen molar-refractivity contribution in [3.63, 3.8) is 0 Å². The summed E-state index contributed by atoms with van der Waals surface area (Å²) < 4.78 is 0. The molecule has 2 heteroatoms. The lowest BCUT2D eigenvalue weighted by Crippen LogP contribution is -2.47. The second-order valence-corrected chi connectivity index (χ2v) is 3.69. The molecule has 2 nitrogen and oxygen atoms in total. The van der Waals surface area contributed by atoms with Crippen LogP contribution < -0.4 is 5.32 Å². The largest absolute Gasteiger partial charge is 0.314 e. The minimum absolute atomic E-state index is 0.865. The van der Waals surface area contributed by atoms with Crippen molar-refractivity contribution in [1.29, 1.82) is 0 Å². The Morgan fingerprint density at radius 3 is 3.20 bits per heavy atom. The normalized spacial score (nSPS) is 41.7. The summed E-state index contributed by atoms with van der Waals surface area (Å²) >= 11 is 0. The van der Waals surface area contributed by atoms with Crippen LogP contribution in [0.2, 0.25) is 0 Å². The third kappa shape index (κ3) is 1.06. The van der Waals surface area contributed by atoms with Gasteiger partial charge in [0.05, 0.1) is 0 Å². The molecule has 10 heavy (non-hydrogen) atoms. The van der Waals surface area contributed by atoms with Crippen molar-refractivity contribution in [1.82, 2.24) is 10.2 Å². The first-order chi connectivity index (χ1) is 4.86. The van der Waals surface area contributed by atoms with Crippen molar-refractivity contribution in [3.8, 4) is 0 Å². The molecule has 2 fully saturated rings. The molecule has 0 aliphatic carbocycles. The average Bonchev–Trinajstić information content (AvgIpc) is 2.27. The van der Waals surface area contributed by atoms with Gasteiger partial charge in [0.15, 0.2) is 0 Å². The zero-order valence-corrected chi connectivity index (χ0v) is 6.64. The second-order valence-electron chi connectivity index (χ2n) is 3.69. The molecule has 2 aliphatic rings. The van der Waals surface area contributed by atoms with Crippen LogP contribution in [0.1, 0.15) is 13.3 Å². The van der Waals surface area contributed by atoms with E-state index in [4.69, 9.17) is 0 Å². The Morgan fingerprint density at radius 1 is 1.50 bits per heavy atom. The fourth-order valence-corrected chi connectivity index (χ4v) is 2.22. The zero-order valence-electron chi connectivity index (χ0n) is 6.64. The molecule has 2 saturated heterocycles. The lowest BCUT2D eigenvalue weighted by molar-refractivity contribution is 0.211. The standard InChI is InChI=1S/C8H16N2/c1-7-4-8-5-9-2-3-10(8)6-7/h7-9H,2-6H2,1H3/t7-,8?/m1/s1. The van der Waals surface area contributed by atoms with Gasteiger partial charge in [0.1, 0.15) is 0 Å². The van der Waals surface area contributed by atoms with E-state index in [1.165, 1.54) is 32.6 Å². The Morgan fingerprint density at radius 2 is 2.40 bits per heavy atom. The highest BCUT2D eigenvalue weighted by molar-refractivity contribution is 4.87. The number of hydrogen-bond donors (Lipinski definition) is 1. The summed E-state index contributed by atoms with van der Waals surface area (Å²) in [6, 6.07) is 0.865. The number of nitrogens with zero attached hydrogens (tertiary/aromatic N) is 1. The van der Waals surface area contributed by atoms with E-state index < -0.39 is 0 Å². The van der Waals surface area contributed by atoms with Crippen LogP contribution in [0, 0.1) is 5.92 Å². The van der Waals surface area contributed by atoms with Crippen molar-refractivity contribution in [2.24, 2.45) is 5.92 Å². The molecule has 58 valence electrons. The summed E-state index contributed by atoms with van der Waals surface area (Å²) in [4.78, 5) is 2.63. The van der Waals surface area contributed by atoms with Gasteiger partial charge < -0.3 is 5.32 Å². The fraction of sp³-hybridized carbons (Fsp3) is 1.00. The van der Waals surface area contributed by atoms with E-state index in [2.05, 4.69) is 17.1 Å². The Kier molecular flexibility index (Phi) is 1.66. The summed E-state index contributed by atoms with van der Waals surface area (Å²) in [6.07, 6.45) is 1.41. The molecule has 0 amide bonds. The van der Waals surface area contributed by atoms with Gasteiger partial charge in [-0.3, -0.25) is 4.90 Å². The Labute approximate surface area is 62.6 Å². The van der Waals surface area contributed by atoms with Gasteiger partial charge in [-0.1, -0.05) is 6.92 Å². The third-order valence-electron chi connectivity index (χ3n) is 2.69. The first-order valence-electron chi connectivity index (χ1n) is 4.31. The van der Waals surface area contributed by atoms with Crippen LogP contribution in [-0.2, 0) is 0 Å². The van der Waals surface area contributed by atoms with E-state index in [-0.39, 0.29) is 0 Å². The number of fused-ring (bicyclic) bond motifs is 1. The van der Waals surface area contributed by atoms with Crippen molar-refractivity contribution in [2.45, 2.75) is 19.4 Å². The van der Waals surface area contributed by atoms with Crippen molar-refractivity contribution >= 4 is 0 Å². The lowest BCUT2D eigenvalue weighted by atomic mass is 10.1. The fourth-order valence-electron chi connectivity index (χ4n) is 2.22. The summed E-state index contributed by atoms with van der Waals surface area (Å²) in [5, 5.41) is 3.44. The van der Waals surface area contributed by atoms with Crippen molar-refractivity contribution in [2.75, 3.05) is 26.2 Å². The Bertz CT molecular complexity index is 110. The zero-order chi connectivity index (χ0) is 6.97. The van der Waals surface area contributed by atoms with E-state index in [1.54, 1.807) is 0 Å². The molecular formula is C8H16N2. The van der Waals surface area contributed by atoms with Gasteiger partial charge in [0.25, 0.3) is 0 Å². The molecule has 0 radical (unpaired) electrons. The van der Waals surface area contributed by atoms with Crippen LogP contribution in [-0.4, -0.2) is 37.1 Å². The van der Waals surface area contributed by atoms with Crippen LogP contribution >= 0.6 is 0 Å². The average molecular weight is 140 g/mol. The molecule has 2 rings (SSSR count). The molecule has 0 aromatic carbocycles. The van der Waals surface area contributed by atoms with E-state index >= 15 is 0 Å². The number of nitrogens with one attached hydrogen (secondary N) is 1. The van der Waals surface area contributed by atoms with E-state index in [1.807, 2.05) is 0 Å². The van der Waals surface area contributed by atoms with Crippen LogP contribution in [0.3, 0.4) is 0 Å². The maximum absolute atomic E-state index is 3.44. The minimum Gasteiger partial charge on any atom is -0.314 e. The molecule has 1 unspecified atom stereocenters. The minimum atomic E-state index is 0.865. The first-order valence-corrected chi connectivity index (χ1v) is 4.31. The summed E-state index contributed by atoms with van der Waals surface area (Å²) in [7, 11) is 0. The van der Waals surface area contributed by atoms with Crippen LogP contribution in [0.5, 0.6) is 0 Å². The van der Waals surface area contributed by atoms with Crippen LogP contribution in [0.25, 0.3) is 0 Å². The highest BCUT2D eigenvalue weighted by Gasteiger charge is 2.30. The molecule has 1 N–H and O–H groups in total. The molecule has 2 aliphatic heterocycles. The van der Waals surface area contributed by atoms with E-state index in [0.29, 0.717) is 0 Å². The van der Waals surface area contributed by atoms with E-state index in [9.17, 15) is 0 Å². The molecule has 2 heterocycles. The van der Waals surface area contributed by atoms with Gasteiger partial charge in [-0.15, -0.1) is 0 Å². The highest BCUT2D eigenvalue weighted by Crippen LogP contribution is 2.22.